The number of hydrogen-bond donors (Lipinski definition) is 1. The fourth-order valence-corrected chi connectivity index (χ4v) is 1.82. The van der Waals surface area contributed by atoms with Crippen LogP contribution in [0.15, 0.2) is 47.2 Å². The highest BCUT2D eigenvalue weighted by molar-refractivity contribution is 5.36. The quantitative estimate of drug-likeness (QED) is 0.802. The van der Waals surface area contributed by atoms with Gasteiger partial charge >= 0.3 is 12.2 Å². The van der Waals surface area contributed by atoms with E-state index in [4.69, 9.17) is 0 Å². The van der Waals surface area contributed by atoms with E-state index in [0.29, 0.717) is 0 Å². The van der Waals surface area contributed by atoms with E-state index in [-0.39, 0.29) is 12.6 Å². The molecule has 6 nitrogen and oxygen atoms in total. The van der Waals surface area contributed by atoms with Crippen LogP contribution < -0.4 is 5.32 Å². The van der Waals surface area contributed by atoms with Gasteiger partial charge in [-0.2, -0.15) is 23.3 Å². The number of anilines is 1. The van der Waals surface area contributed by atoms with Gasteiger partial charge < -0.3 is 9.84 Å². The molecule has 3 aromatic rings. The summed E-state index contributed by atoms with van der Waals surface area (Å²) in [4.78, 5) is 3.24. The van der Waals surface area contributed by atoms with Crippen molar-refractivity contribution in [1.29, 1.82) is 0 Å². The van der Waals surface area contributed by atoms with Crippen LogP contribution in [0.4, 0.5) is 19.2 Å². The van der Waals surface area contributed by atoms with Gasteiger partial charge in [-0.3, -0.25) is 0 Å². The predicted molar refractivity (Wildman–Crippen MR) is 70.2 cm³/mol. The molecule has 0 saturated heterocycles. The number of halogens is 3. The maximum absolute atomic E-state index is 12.4. The molecule has 1 N–H and O–H groups in total. The van der Waals surface area contributed by atoms with Crippen molar-refractivity contribution in [2.24, 2.45) is 0 Å². The van der Waals surface area contributed by atoms with Gasteiger partial charge in [-0.15, -0.1) is 0 Å². The normalized spacial score (nSPS) is 11.6. The van der Waals surface area contributed by atoms with E-state index >= 15 is 0 Å². The summed E-state index contributed by atoms with van der Waals surface area (Å²) in [5.74, 6) is -1.31. The summed E-state index contributed by atoms with van der Waals surface area (Å²) in [7, 11) is 0. The summed E-state index contributed by atoms with van der Waals surface area (Å²) in [6, 6.07) is 8.87. The molecular formula is C13H10F3N5O. The molecule has 0 aliphatic rings. The predicted octanol–water partition coefficient (Wildman–Crippen LogP) is 2.89. The molecule has 2 heterocycles. The number of benzene rings is 1. The standard InChI is InChI=1S/C13H10F3N5O/c14-13(15,16)11-19-12(22-20-11)17-8-9-3-1-4-10(7-9)21-6-2-5-18-21/h1-7H,8H2,(H,17,19,20). The second-order valence-electron chi connectivity index (χ2n) is 4.39. The third kappa shape index (κ3) is 3.08. The zero-order chi connectivity index (χ0) is 15.6. The molecule has 0 radical (unpaired) electrons. The Morgan fingerprint density at radius 3 is 2.77 bits per heavy atom. The molecule has 22 heavy (non-hydrogen) atoms. The van der Waals surface area contributed by atoms with Crippen LogP contribution >= 0.6 is 0 Å². The Kier molecular flexibility index (Phi) is 3.53. The van der Waals surface area contributed by atoms with Crippen LogP contribution in [-0.2, 0) is 12.7 Å². The summed E-state index contributed by atoms with van der Waals surface area (Å²) in [6.45, 7) is 0.245. The molecule has 0 unspecified atom stereocenters. The number of aromatic nitrogens is 4. The Hall–Kier alpha value is -2.84. The van der Waals surface area contributed by atoms with Crippen molar-refractivity contribution >= 4 is 6.01 Å². The highest BCUT2D eigenvalue weighted by atomic mass is 19.4. The Morgan fingerprint density at radius 1 is 1.23 bits per heavy atom. The van der Waals surface area contributed by atoms with E-state index in [2.05, 4.69) is 25.1 Å². The molecule has 0 amide bonds. The Bertz CT molecular complexity index is 751. The van der Waals surface area contributed by atoms with E-state index in [1.54, 1.807) is 23.1 Å². The minimum Gasteiger partial charge on any atom is -0.334 e. The average molecular weight is 309 g/mol. The highest BCUT2D eigenvalue weighted by Gasteiger charge is 2.37. The second kappa shape index (κ2) is 5.51. The lowest BCUT2D eigenvalue weighted by Gasteiger charge is -2.05. The Balaban J connectivity index is 1.69. The molecule has 3 rings (SSSR count). The Morgan fingerprint density at radius 2 is 2.09 bits per heavy atom. The zero-order valence-electron chi connectivity index (χ0n) is 11.1. The lowest BCUT2D eigenvalue weighted by atomic mass is 10.2. The molecule has 2 aromatic heterocycles. The molecule has 9 heteroatoms. The Labute approximate surface area is 122 Å². The summed E-state index contributed by atoms with van der Waals surface area (Å²) < 4.78 is 43.2. The van der Waals surface area contributed by atoms with Crippen LogP contribution in [0.25, 0.3) is 5.69 Å². The minimum atomic E-state index is -4.62. The first-order valence-electron chi connectivity index (χ1n) is 6.26. The lowest BCUT2D eigenvalue weighted by Crippen LogP contribution is -2.07. The van der Waals surface area contributed by atoms with E-state index in [0.717, 1.165) is 11.3 Å². The molecule has 0 bridgehead atoms. The number of rotatable bonds is 4. The van der Waals surface area contributed by atoms with E-state index in [9.17, 15) is 13.2 Å². The van der Waals surface area contributed by atoms with Crippen molar-refractivity contribution in [2.75, 3.05) is 5.32 Å². The molecule has 0 aliphatic heterocycles. The lowest BCUT2D eigenvalue weighted by molar-refractivity contribution is -0.146. The number of alkyl halides is 3. The maximum Gasteiger partial charge on any atom is 0.455 e. The van der Waals surface area contributed by atoms with Gasteiger partial charge in [0.25, 0.3) is 5.82 Å². The van der Waals surface area contributed by atoms with Gasteiger partial charge in [-0.1, -0.05) is 12.1 Å². The van der Waals surface area contributed by atoms with Crippen molar-refractivity contribution in [2.45, 2.75) is 12.7 Å². The third-order valence-electron chi connectivity index (χ3n) is 2.80. The number of nitrogens with one attached hydrogen (secondary N) is 1. The second-order valence-corrected chi connectivity index (χ2v) is 4.39. The molecular weight excluding hydrogens is 299 g/mol. The van der Waals surface area contributed by atoms with Crippen LogP contribution in [0.5, 0.6) is 0 Å². The van der Waals surface area contributed by atoms with Crippen molar-refractivity contribution < 1.29 is 17.7 Å². The van der Waals surface area contributed by atoms with Crippen LogP contribution in [-0.4, -0.2) is 19.9 Å². The fourth-order valence-electron chi connectivity index (χ4n) is 1.82. The van der Waals surface area contributed by atoms with Crippen LogP contribution in [0, 0.1) is 0 Å². The zero-order valence-corrected chi connectivity index (χ0v) is 11.1. The summed E-state index contributed by atoms with van der Waals surface area (Å²) >= 11 is 0. The topological polar surface area (TPSA) is 68.8 Å². The first-order chi connectivity index (χ1) is 10.5. The summed E-state index contributed by atoms with van der Waals surface area (Å²) in [5.41, 5.74) is 1.67. The van der Waals surface area contributed by atoms with Crippen LogP contribution in [0.2, 0.25) is 0 Å². The maximum atomic E-state index is 12.4. The first-order valence-corrected chi connectivity index (χ1v) is 6.26. The van der Waals surface area contributed by atoms with Gasteiger partial charge in [0.1, 0.15) is 0 Å². The van der Waals surface area contributed by atoms with Gasteiger partial charge in [0.15, 0.2) is 0 Å². The number of nitrogens with zero attached hydrogens (tertiary/aromatic N) is 4. The monoisotopic (exact) mass is 309 g/mol. The SMILES string of the molecule is FC(F)(F)c1noc(NCc2cccc(-n3cccn3)c2)n1. The van der Waals surface area contributed by atoms with Crippen molar-refractivity contribution in [3.63, 3.8) is 0 Å². The molecule has 0 fully saturated rings. The fraction of sp³-hybridized carbons (Fsp3) is 0.154. The molecule has 114 valence electrons. The average Bonchev–Trinajstić information content (AvgIpc) is 3.16. The van der Waals surface area contributed by atoms with Gasteiger partial charge in [-0.05, 0) is 28.9 Å². The highest BCUT2D eigenvalue weighted by Crippen LogP contribution is 2.27. The third-order valence-corrected chi connectivity index (χ3v) is 2.80. The van der Waals surface area contributed by atoms with Gasteiger partial charge in [-0.25, -0.2) is 4.68 Å². The van der Waals surface area contributed by atoms with Crippen LogP contribution in [0.3, 0.4) is 0 Å². The summed E-state index contributed by atoms with van der Waals surface area (Å²) in [5, 5.41) is 9.63. The minimum absolute atomic E-state index is 0.245. The molecule has 0 spiro atoms. The van der Waals surface area contributed by atoms with Gasteiger partial charge in [0.2, 0.25) is 0 Å². The van der Waals surface area contributed by atoms with Crippen LogP contribution in [0.1, 0.15) is 11.4 Å². The van der Waals surface area contributed by atoms with E-state index in [1.807, 2.05) is 24.3 Å². The molecule has 0 atom stereocenters. The largest absolute Gasteiger partial charge is 0.455 e. The smallest absolute Gasteiger partial charge is 0.334 e. The van der Waals surface area contributed by atoms with Crippen molar-refractivity contribution in [3.05, 3.63) is 54.1 Å². The number of hydrogen-bond acceptors (Lipinski definition) is 5. The van der Waals surface area contributed by atoms with Gasteiger partial charge in [0.05, 0.1) is 5.69 Å². The van der Waals surface area contributed by atoms with E-state index < -0.39 is 12.0 Å². The van der Waals surface area contributed by atoms with Gasteiger partial charge in [0, 0.05) is 18.9 Å². The molecule has 0 saturated carbocycles. The van der Waals surface area contributed by atoms with Crippen molar-refractivity contribution in [1.82, 2.24) is 19.9 Å². The van der Waals surface area contributed by atoms with E-state index in [1.165, 1.54) is 0 Å². The molecule has 0 aliphatic carbocycles. The van der Waals surface area contributed by atoms with Crippen molar-refractivity contribution in [3.8, 4) is 5.69 Å². The summed E-state index contributed by atoms with van der Waals surface area (Å²) in [6.07, 6.45) is -1.17. The molecule has 1 aromatic carbocycles. The first kappa shape index (κ1) is 14.1.